The number of nitrogens with two attached hydrogens (primary N) is 1. The number of carbonyl (C=O) groups is 1. The fraction of sp³-hybridized carbons (Fsp3) is 0.235. The van der Waals surface area contributed by atoms with Crippen LogP contribution in [0.2, 0.25) is 0 Å². The summed E-state index contributed by atoms with van der Waals surface area (Å²) in [5.74, 6) is -0.342. The van der Waals surface area contributed by atoms with Crippen LogP contribution in [0.3, 0.4) is 0 Å². The molecule has 21 heavy (non-hydrogen) atoms. The molecule has 0 heterocycles. The fourth-order valence-corrected chi connectivity index (χ4v) is 1.87. The topological polar surface area (TPSA) is 64.3 Å². The first-order chi connectivity index (χ1) is 10.1. The molecule has 0 saturated heterocycles. The van der Waals surface area contributed by atoms with Crippen LogP contribution < -0.4 is 11.1 Å². The van der Waals surface area contributed by atoms with Crippen molar-refractivity contribution in [3.8, 4) is 0 Å². The number of aryl methyl sites for hydroxylation is 1. The summed E-state index contributed by atoms with van der Waals surface area (Å²) >= 11 is 0. The standard InChI is InChI=1S/C17H20N2O2/c1-3-10-21-17(20)13-6-9-16(15(18)11-13)19-14-7-4-12(2)5-8-14/h4-9,11,19H,3,10,18H2,1-2H3. The highest BCUT2D eigenvalue weighted by molar-refractivity contribution is 5.92. The molecule has 0 bridgehead atoms. The van der Waals surface area contributed by atoms with Gasteiger partial charge in [0.15, 0.2) is 0 Å². The van der Waals surface area contributed by atoms with Crippen LogP contribution in [0.4, 0.5) is 17.1 Å². The number of esters is 1. The molecule has 3 N–H and O–H groups in total. The molecule has 0 spiro atoms. The molecule has 0 aromatic heterocycles. The Morgan fingerprint density at radius 3 is 2.52 bits per heavy atom. The third kappa shape index (κ3) is 3.99. The molecule has 0 fully saturated rings. The van der Waals surface area contributed by atoms with E-state index in [1.807, 2.05) is 38.1 Å². The number of hydrogen-bond donors (Lipinski definition) is 2. The maximum absolute atomic E-state index is 11.8. The van der Waals surface area contributed by atoms with E-state index in [1.54, 1.807) is 18.2 Å². The zero-order valence-corrected chi connectivity index (χ0v) is 12.3. The van der Waals surface area contributed by atoms with Gasteiger partial charge in [-0.3, -0.25) is 0 Å². The number of anilines is 3. The van der Waals surface area contributed by atoms with Gasteiger partial charge in [-0.15, -0.1) is 0 Å². The number of carbonyl (C=O) groups excluding carboxylic acids is 1. The molecule has 0 amide bonds. The van der Waals surface area contributed by atoms with Crippen molar-refractivity contribution >= 4 is 23.0 Å². The van der Waals surface area contributed by atoms with Gasteiger partial charge in [-0.1, -0.05) is 24.6 Å². The molecule has 0 aliphatic carbocycles. The van der Waals surface area contributed by atoms with Gasteiger partial charge in [0.1, 0.15) is 0 Å². The van der Waals surface area contributed by atoms with E-state index in [9.17, 15) is 4.79 Å². The van der Waals surface area contributed by atoms with Gasteiger partial charge in [0.2, 0.25) is 0 Å². The maximum atomic E-state index is 11.8. The van der Waals surface area contributed by atoms with Crippen LogP contribution in [0.25, 0.3) is 0 Å². The molecule has 2 aromatic rings. The lowest BCUT2D eigenvalue weighted by molar-refractivity contribution is 0.0505. The Morgan fingerprint density at radius 2 is 1.90 bits per heavy atom. The molecular weight excluding hydrogens is 264 g/mol. The number of benzene rings is 2. The first-order valence-electron chi connectivity index (χ1n) is 7.00. The minimum absolute atomic E-state index is 0.342. The second kappa shape index (κ2) is 6.79. The second-order valence-corrected chi connectivity index (χ2v) is 4.93. The summed E-state index contributed by atoms with van der Waals surface area (Å²) in [4.78, 5) is 11.8. The molecule has 0 aliphatic rings. The van der Waals surface area contributed by atoms with Crippen molar-refractivity contribution in [2.75, 3.05) is 17.7 Å². The Bertz CT molecular complexity index is 621. The molecule has 2 aromatic carbocycles. The number of rotatable bonds is 5. The van der Waals surface area contributed by atoms with E-state index in [2.05, 4.69) is 5.32 Å². The maximum Gasteiger partial charge on any atom is 0.338 e. The van der Waals surface area contributed by atoms with Crippen molar-refractivity contribution in [1.82, 2.24) is 0 Å². The third-order valence-corrected chi connectivity index (χ3v) is 3.06. The molecule has 0 saturated carbocycles. The number of hydrogen-bond acceptors (Lipinski definition) is 4. The van der Waals surface area contributed by atoms with Crippen LogP contribution in [0.5, 0.6) is 0 Å². The van der Waals surface area contributed by atoms with Crippen LogP contribution in [0.15, 0.2) is 42.5 Å². The van der Waals surface area contributed by atoms with E-state index in [0.29, 0.717) is 17.9 Å². The number of nitrogens with one attached hydrogen (secondary N) is 1. The Morgan fingerprint density at radius 1 is 1.19 bits per heavy atom. The van der Waals surface area contributed by atoms with Gasteiger partial charge in [-0.05, 0) is 43.7 Å². The lowest BCUT2D eigenvalue weighted by Gasteiger charge is -2.11. The highest BCUT2D eigenvalue weighted by Crippen LogP contribution is 2.24. The second-order valence-electron chi connectivity index (χ2n) is 4.93. The van der Waals surface area contributed by atoms with E-state index >= 15 is 0 Å². The lowest BCUT2D eigenvalue weighted by atomic mass is 10.1. The van der Waals surface area contributed by atoms with Crippen molar-refractivity contribution in [1.29, 1.82) is 0 Å². The SMILES string of the molecule is CCCOC(=O)c1ccc(Nc2ccc(C)cc2)c(N)c1. The number of nitrogen functional groups attached to an aromatic ring is 1. The minimum atomic E-state index is -0.342. The summed E-state index contributed by atoms with van der Waals surface area (Å²) in [6.45, 7) is 4.41. The summed E-state index contributed by atoms with van der Waals surface area (Å²) < 4.78 is 5.09. The summed E-state index contributed by atoms with van der Waals surface area (Å²) in [7, 11) is 0. The molecule has 0 atom stereocenters. The normalized spacial score (nSPS) is 10.2. The molecule has 0 radical (unpaired) electrons. The van der Waals surface area contributed by atoms with Crippen LogP contribution in [0.1, 0.15) is 29.3 Å². The quantitative estimate of drug-likeness (QED) is 0.646. The Kier molecular flexibility index (Phi) is 4.82. The smallest absolute Gasteiger partial charge is 0.338 e. The molecule has 110 valence electrons. The molecular formula is C17H20N2O2. The average Bonchev–Trinajstić information content (AvgIpc) is 2.49. The Labute approximate surface area is 124 Å². The van der Waals surface area contributed by atoms with Crippen LogP contribution in [0, 0.1) is 6.92 Å². The van der Waals surface area contributed by atoms with Gasteiger partial charge in [-0.25, -0.2) is 4.79 Å². The van der Waals surface area contributed by atoms with Crippen LogP contribution in [-0.4, -0.2) is 12.6 Å². The third-order valence-electron chi connectivity index (χ3n) is 3.06. The summed E-state index contributed by atoms with van der Waals surface area (Å²) in [6, 6.07) is 13.2. The van der Waals surface area contributed by atoms with Gasteiger partial charge in [0.05, 0.1) is 23.5 Å². The predicted octanol–water partition coefficient (Wildman–Crippen LogP) is 3.89. The first kappa shape index (κ1) is 14.9. The van der Waals surface area contributed by atoms with Gasteiger partial charge in [0.25, 0.3) is 0 Å². The van der Waals surface area contributed by atoms with E-state index in [1.165, 1.54) is 5.56 Å². The highest BCUT2D eigenvalue weighted by Gasteiger charge is 2.09. The lowest BCUT2D eigenvalue weighted by Crippen LogP contribution is -2.07. The van der Waals surface area contributed by atoms with Gasteiger partial charge in [-0.2, -0.15) is 0 Å². The predicted molar refractivity (Wildman–Crippen MR) is 85.9 cm³/mol. The molecule has 4 nitrogen and oxygen atoms in total. The van der Waals surface area contributed by atoms with Crippen molar-refractivity contribution in [3.63, 3.8) is 0 Å². The minimum Gasteiger partial charge on any atom is -0.462 e. The van der Waals surface area contributed by atoms with Crippen molar-refractivity contribution in [2.45, 2.75) is 20.3 Å². The number of ether oxygens (including phenoxy) is 1. The Hall–Kier alpha value is -2.49. The summed E-state index contributed by atoms with van der Waals surface area (Å²) in [5.41, 5.74) is 9.90. The monoisotopic (exact) mass is 284 g/mol. The van der Waals surface area contributed by atoms with Crippen LogP contribution >= 0.6 is 0 Å². The van der Waals surface area contributed by atoms with Gasteiger partial charge in [0, 0.05) is 5.69 Å². The largest absolute Gasteiger partial charge is 0.462 e. The molecule has 0 unspecified atom stereocenters. The fourth-order valence-electron chi connectivity index (χ4n) is 1.87. The highest BCUT2D eigenvalue weighted by atomic mass is 16.5. The van der Waals surface area contributed by atoms with E-state index in [0.717, 1.165) is 17.8 Å². The Balaban J connectivity index is 2.12. The zero-order chi connectivity index (χ0) is 15.2. The van der Waals surface area contributed by atoms with Gasteiger partial charge < -0.3 is 15.8 Å². The molecule has 4 heteroatoms. The van der Waals surface area contributed by atoms with Crippen molar-refractivity contribution in [3.05, 3.63) is 53.6 Å². The summed E-state index contributed by atoms with van der Waals surface area (Å²) in [6.07, 6.45) is 0.800. The van der Waals surface area contributed by atoms with Gasteiger partial charge >= 0.3 is 5.97 Å². The molecule has 2 rings (SSSR count). The van der Waals surface area contributed by atoms with Crippen molar-refractivity contribution < 1.29 is 9.53 Å². The zero-order valence-electron chi connectivity index (χ0n) is 12.3. The van der Waals surface area contributed by atoms with E-state index in [-0.39, 0.29) is 5.97 Å². The van der Waals surface area contributed by atoms with E-state index in [4.69, 9.17) is 10.5 Å². The summed E-state index contributed by atoms with van der Waals surface area (Å²) in [5, 5.41) is 3.23. The van der Waals surface area contributed by atoms with E-state index < -0.39 is 0 Å². The first-order valence-corrected chi connectivity index (χ1v) is 7.00. The average molecular weight is 284 g/mol. The van der Waals surface area contributed by atoms with Crippen molar-refractivity contribution in [2.24, 2.45) is 0 Å². The van der Waals surface area contributed by atoms with Crippen LogP contribution in [-0.2, 0) is 4.74 Å². The molecule has 0 aliphatic heterocycles.